The maximum absolute atomic E-state index is 5.50. The van der Waals surface area contributed by atoms with Gasteiger partial charge in [-0.05, 0) is 43.4 Å². The molecule has 18 heavy (non-hydrogen) atoms. The van der Waals surface area contributed by atoms with Gasteiger partial charge in [0.25, 0.3) is 0 Å². The second kappa shape index (κ2) is 6.82. The van der Waals surface area contributed by atoms with Crippen molar-refractivity contribution in [3.05, 3.63) is 22.4 Å². The van der Waals surface area contributed by atoms with E-state index in [-0.39, 0.29) is 6.10 Å². The van der Waals surface area contributed by atoms with Crippen molar-refractivity contribution in [2.24, 2.45) is 5.10 Å². The van der Waals surface area contributed by atoms with Crippen LogP contribution in [0.25, 0.3) is 0 Å². The lowest BCUT2D eigenvalue weighted by molar-refractivity contribution is 0.114. The SMILES string of the molecule is C/C(=N/NC(=S)NC[C@@H]1CCCO1)c1cccs1. The lowest BCUT2D eigenvalue weighted by atomic mass is 10.2. The summed E-state index contributed by atoms with van der Waals surface area (Å²) in [5, 5.41) is 9.93. The number of nitrogens with one attached hydrogen (secondary N) is 2. The summed E-state index contributed by atoms with van der Waals surface area (Å²) >= 11 is 6.82. The van der Waals surface area contributed by atoms with Crippen LogP contribution in [0.15, 0.2) is 22.6 Å². The zero-order valence-corrected chi connectivity index (χ0v) is 11.9. The van der Waals surface area contributed by atoms with E-state index >= 15 is 0 Å². The first-order chi connectivity index (χ1) is 8.75. The third-order valence-corrected chi connectivity index (χ3v) is 3.93. The lowest BCUT2D eigenvalue weighted by Gasteiger charge is -2.12. The van der Waals surface area contributed by atoms with Crippen molar-refractivity contribution in [1.82, 2.24) is 10.7 Å². The highest BCUT2D eigenvalue weighted by molar-refractivity contribution is 7.80. The molecule has 0 aromatic carbocycles. The molecule has 0 radical (unpaired) electrons. The number of hydrogen-bond donors (Lipinski definition) is 2. The number of thiophene rings is 1. The van der Waals surface area contributed by atoms with E-state index in [2.05, 4.69) is 15.8 Å². The van der Waals surface area contributed by atoms with E-state index in [1.165, 1.54) is 0 Å². The Morgan fingerprint density at radius 3 is 3.22 bits per heavy atom. The summed E-state index contributed by atoms with van der Waals surface area (Å²) in [4.78, 5) is 1.14. The summed E-state index contributed by atoms with van der Waals surface area (Å²) in [6.45, 7) is 3.57. The fourth-order valence-corrected chi connectivity index (χ4v) is 2.53. The normalized spacial score (nSPS) is 19.8. The summed E-state index contributed by atoms with van der Waals surface area (Å²) in [5.41, 5.74) is 3.79. The molecule has 1 aliphatic rings. The minimum atomic E-state index is 0.284. The minimum Gasteiger partial charge on any atom is -0.376 e. The average molecular weight is 283 g/mol. The second-order valence-electron chi connectivity index (χ2n) is 4.13. The predicted molar refractivity (Wildman–Crippen MR) is 79.2 cm³/mol. The zero-order chi connectivity index (χ0) is 12.8. The van der Waals surface area contributed by atoms with Crippen molar-refractivity contribution in [2.75, 3.05) is 13.2 Å². The first-order valence-electron chi connectivity index (χ1n) is 5.99. The quantitative estimate of drug-likeness (QED) is 0.505. The number of rotatable bonds is 4. The molecule has 1 fully saturated rings. The molecule has 1 saturated heterocycles. The van der Waals surface area contributed by atoms with Gasteiger partial charge in [0.05, 0.1) is 11.8 Å². The monoisotopic (exact) mass is 283 g/mol. The van der Waals surface area contributed by atoms with Crippen LogP contribution in [-0.2, 0) is 4.74 Å². The number of nitrogens with zero attached hydrogens (tertiary/aromatic N) is 1. The Balaban J connectivity index is 1.72. The van der Waals surface area contributed by atoms with Crippen LogP contribution in [0.4, 0.5) is 0 Å². The standard InChI is InChI=1S/C12H17N3OS2/c1-9(11-5-3-7-18-11)14-15-12(17)13-8-10-4-2-6-16-10/h3,5,7,10H,2,4,6,8H2,1H3,(H2,13,15,17)/b14-9-/t10-/m0/s1. The molecule has 98 valence electrons. The van der Waals surface area contributed by atoms with Gasteiger partial charge in [-0.3, -0.25) is 5.43 Å². The van der Waals surface area contributed by atoms with E-state index < -0.39 is 0 Å². The zero-order valence-electron chi connectivity index (χ0n) is 10.3. The van der Waals surface area contributed by atoms with Crippen LogP contribution in [0.3, 0.4) is 0 Å². The fourth-order valence-electron chi connectivity index (χ4n) is 1.73. The highest BCUT2D eigenvalue weighted by Gasteiger charge is 2.15. The van der Waals surface area contributed by atoms with Crippen molar-refractivity contribution in [3.8, 4) is 0 Å². The van der Waals surface area contributed by atoms with Gasteiger partial charge in [-0.2, -0.15) is 5.10 Å². The molecule has 1 aromatic heterocycles. The van der Waals surface area contributed by atoms with Crippen LogP contribution < -0.4 is 10.7 Å². The Morgan fingerprint density at radius 2 is 2.56 bits per heavy atom. The molecule has 0 unspecified atom stereocenters. The van der Waals surface area contributed by atoms with Crippen molar-refractivity contribution in [2.45, 2.75) is 25.9 Å². The predicted octanol–water partition coefficient (Wildman–Crippen LogP) is 2.12. The molecule has 4 nitrogen and oxygen atoms in total. The van der Waals surface area contributed by atoms with Gasteiger partial charge in [0, 0.05) is 18.0 Å². The van der Waals surface area contributed by atoms with Gasteiger partial charge in [-0.25, -0.2) is 0 Å². The Morgan fingerprint density at radius 1 is 1.67 bits per heavy atom. The highest BCUT2D eigenvalue weighted by Crippen LogP contribution is 2.10. The molecule has 1 atom stereocenters. The Labute approximate surface area is 116 Å². The molecule has 1 aliphatic heterocycles. The van der Waals surface area contributed by atoms with Crippen LogP contribution in [-0.4, -0.2) is 30.1 Å². The highest BCUT2D eigenvalue weighted by atomic mass is 32.1. The molecular formula is C12H17N3OS2. The van der Waals surface area contributed by atoms with Gasteiger partial charge in [0.15, 0.2) is 5.11 Å². The van der Waals surface area contributed by atoms with E-state index in [0.29, 0.717) is 5.11 Å². The maximum atomic E-state index is 5.50. The molecule has 2 heterocycles. The summed E-state index contributed by atoms with van der Waals surface area (Å²) in [7, 11) is 0. The summed E-state index contributed by atoms with van der Waals surface area (Å²) < 4.78 is 5.50. The second-order valence-corrected chi connectivity index (χ2v) is 5.49. The summed E-state index contributed by atoms with van der Waals surface area (Å²) in [6.07, 6.45) is 2.53. The number of ether oxygens (including phenoxy) is 1. The average Bonchev–Trinajstić information content (AvgIpc) is 3.05. The number of hydrazone groups is 1. The van der Waals surface area contributed by atoms with Gasteiger partial charge in [0.1, 0.15) is 0 Å². The van der Waals surface area contributed by atoms with Gasteiger partial charge in [-0.1, -0.05) is 6.07 Å². The van der Waals surface area contributed by atoms with Crippen molar-refractivity contribution >= 4 is 34.4 Å². The van der Waals surface area contributed by atoms with Crippen LogP contribution in [0.2, 0.25) is 0 Å². The maximum Gasteiger partial charge on any atom is 0.187 e. The Bertz CT molecular complexity index is 411. The van der Waals surface area contributed by atoms with Gasteiger partial charge >= 0.3 is 0 Å². The van der Waals surface area contributed by atoms with E-state index in [0.717, 1.165) is 36.6 Å². The number of thiocarbonyl (C=S) groups is 1. The van der Waals surface area contributed by atoms with Crippen LogP contribution in [0, 0.1) is 0 Å². The van der Waals surface area contributed by atoms with Crippen molar-refractivity contribution in [1.29, 1.82) is 0 Å². The van der Waals surface area contributed by atoms with Crippen LogP contribution >= 0.6 is 23.6 Å². The van der Waals surface area contributed by atoms with Gasteiger partial charge in [0.2, 0.25) is 0 Å². The molecule has 2 rings (SSSR count). The molecule has 0 aliphatic carbocycles. The van der Waals surface area contributed by atoms with Gasteiger partial charge in [-0.15, -0.1) is 11.3 Å². The molecule has 0 amide bonds. The molecule has 0 spiro atoms. The van der Waals surface area contributed by atoms with E-state index in [1.54, 1.807) is 11.3 Å². The van der Waals surface area contributed by atoms with Crippen LogP contribution in [0.1, 0.15) is 24.6 Å². The summed E-state index contributed by atoms with van der Waals surface area (Å²) in [5.74, 6) is 0. The van der Waals surface area contributed by atoms with E-state index in [9.17, 15) is 0 Å². The molecule has 1 aromatic rings. The smallest absolute Gasteiger partial charge is 0.187 e. The van der Waals surface area contributed by atoms with Crippen LogP contribution in [0.5, 0.6) is 0 Å². The Hall–Kier alpha value is -0.980. The van der Waals surface area contributed by atoms with Crippen molar-refractivity contribution < 1.29 is 4.74 Å². The number of hydrogen-bond acceptors (Lipinski definition) is 4. The minimum absolute atomic E-state index is 0.284. The third kappa shape index (κ3) is 4.04. The first-order valence-corrected chi connectivity index (χ1v) is 7.28. The third-order valence-electron chi connectivity index (χ3n) is 2.72. The molecular weight excluding hydrogens is 266 g/mol. The molecule has 0 saturated carbocycles. The van der Waals surface area contributed by atoms with E-state index in [1.807, 2.05) is 24.4 Å². The molecule has 6 heteroatoms. The lowest BCUT2D eigenvalue weighted by Crippen LogP contribution is -2.37. The fraction of sp³-hybridized carbons (Fsp3) is 0.500. The first kappa shape index (κ1) is 13.5. The molecule has 0 bridgehead atoms. The molecule has 2 N–H and O–H groups in total. The van der Waals surface area contributed by atoms with Gasteiger partial charge < -0.3 is 10.1 Å². The Kier molecular flexibility index (Phi) is 5.10. The van der Waals surface area contributed by atoms with E-state index in [4.69, 9.17) is 17.0 Å². The largest absolute Gasteiger partial charge is 0.376 e. The topological polar surface area (TPSA) is 45.7 Å². The summed E-state index contributed by atoms with van der Waals surface area (Å²) in [6, 6.07) is 4.04. The van der Waals surface area contributed by atoms with Crippen molar-refractivity contribution in [3.63, 3.8) is 0 Å².